The van der Waals surface area contributed by atoms with Gasteiger partial charge in [-0.1, -0.05) is 6.07 Å². The van der Waals surface area contributed by atoms with Gasteiger partial charge in [0.25, 0.3) is 0 Å². The third-order valence-electron chi connectivity index (χ3n) is 2.22. The third-order valence-corrected chi connectivity index (χ3v) is 2.22. The van der Waals surface area contributed by atoms with Gasteiger partial charge in [-0.15, -0.1) is 0 Å². The lowest BCUT2D eigenvalue weighted by Crippen LogP contribution is -2.24. The second kappa shape index (κ2) is 4.29. The first-order chi connectivity index (χ1) is 7.29. The quantitative estimate of drug-likeness (QED) is 0.493. The number of hydrogen-bond acceptors (Lipinski definition) is 4. The Bertz CT molecular complexity index is 501. The van der Waals surface area contributed by atoms with E-state index in [-0.39, 0.29) is 0 Å². The van der Waals surface area contributed by atoms with Gasteiger partial charge < -0.3 is 15.5 Å². The smallest absolute Gasteiger partial charge is 0.408 e. The zero-order chi connectivity index (χ0) is 10.7. The van der Waals surface area contributed by atoms with Crippen LogP contribution >= 0.6 is 0 Å². The summed E-state index contributed by atoms with van der Waals surface area (Å²) in [7, 11) is 0. The number of benzene rings is 1. The van der Waals surface area contributed by atoms with Crippen molar-refractivity contribution in [2.45, 2.75) is 6.42 Å². The molecule has 1 heterocycles. The predicted molar refractivity (Wildman–Crippen MR) is 57.6 cm³/mol. The molecular formula is C10H13N3O2. The summed E-state index contributed by atoms with van der Waals surface area (Å²) in [4.78, 5) is 13.5. The molecule has 0 aliphatic rings. The summed E-state index contributed by atoms with van der Waals surface area (Å²) in [5.74, 6) is -0.415. The van der Waals surface area contributed by atoms with Crippen LogP contribution in [0.25, 0.3) is 11.1 Å². The summed E-state index contributed by atoms with van der Waals surface area (Å²) in [5, 5.41) is 3.03. The molecule has 4 N–H and O–H groups in total. The topological polar surface area (TPSA) is 84.0 Å². The van der Waals surface area contributed by atoms with Crippen LogP contribution in [0, 0.1) is 0 Å². The molecule has 0 spiro atoms. The highest BCUT2D eigenvalue weighted by molar-refractivity contribution is 5.72. The summed E-state index contributed by atoms with van der Waals surface area (Å²) in [5.41, 5.74) is 7.76. The number of aromatic amines is 1. The monoisotopic (exact) mass is 207 g/mol. The number of fused-ring (bicyclic) bond motifs is 1. The fourth-order valence-electron chi connectivity index (χ4n) is 1.48. The van der Waals surface area contributed by atoms with Gasteiger partial charge in [-0.25, -0.2) is 4.79 Å². The number of aromatic nitrogens is 1. The van der Waals surface area contributed by atoms with Gasteiger partial charge >= 0.3 is 5.76 Å². The Balaban J connectivity index is 2.19. The van der Waals surface area contributed by atoms with E-state index in [4.69, 9.17) is 10.2 Å². The van der Waals surface area contributed by atoms with Crippen molar-refractivity contribution in [3.63, 3.8) is 0 Å². The number of rotatable bonds is 4. The molecule has 2 aromatic rings. The molecule has 1 aromatic carbocycles. The second-order valence-electron chi connectivity index (χ2n) is 3.30. The van der Waals surface area contributed by atoms with Crippen molar-refractivity contribution in [1.82, 2.24) is 10.3 Å². The number of oxazole rings is 1. The molecule has 5 heteroatoms. The molecule has 0 atom stereocenters. The number of nitrogens with one attached hydrogen (secondary N) is 2. The van der Waals surface area contributed by atoms with Crippen molar-refractivity contribution in [3.05, 3.63) is 34.3 Å². The van der Waals surface area contributed by atoms with Crippen LogP contribution in [-0.4, -0.2) is 18.2 Å². The van der Waals surface area contributed by atoms with Crippen LogP contribution in [0.2, 0.25) is 0 Å². The number of hydrogen-bond donors (Lipinski definition) is 3. The molecule has 0 radical (unpaired) electrons. The van der Waals surface area contributed by atoms with E-state index in [1.807, 2.05) is 18.2 Å². The maximum absolute atomic E-state index is 10.9. The molecular weight excluding hydrogens is 194 g/mol. The van der Waals surface area contributed by atoms with Gasteiger partial charge in [0.05, 0.1) is 5.52 Å². The largest absolute Gasteiger partial charge is 0.417 e. The second-order valence-corrected chi connectivity index (χ2v) is 3.30. The van der Waals surface area contributed by atoms with Crippen molar-refractivity contribution in [1.29, 1.82) is 0 Å². The lowest BCUT2D eigenvalue weighted by molar-refractivity contribution is 0.555. The van der Waals surface area contributed by atoms with Gasteiger partial charge in [0.1, 0.15) is 0 Å². The van der Waals surface area contributed by atoms with Crippen molar-refractivity contribution in [2.24, 2.45) is 5.73 Å². The molecule has 0 aliphatic heterocycles. The molecule has 2 rings (SSSR count). The molecule has 0 unspecified atom stereocenters. The molecule has 0 bridgehead atoms. The van der Waals surface area contributed by atoms with E-state index in [9.17, 15) is 4.79 Å². The molecule has 80 valence electrons. The van der Waals surface area contributed by atoms with Crippen LogP contribution in [0.3, 0.4) is 0 Å². The van der Waals surface area contributed by atoms with E-state index in [1.165, 1.54) is 0 Å². The van der Waals surface area contributed by atoms with Crippen LogP contribution in [0.15, 0.2) is 27.4 Å². The summed E-state index contributed by atoms with van der Waals surface area (Å²) >= 11 is 0. The highest BCUT2D eigenvalue weighted by Gasteiger charge is 2.01. The Morgan fingerprint density at radius 2 is 2.33 bits per heavy atom. The van der Waals surface area contributed by atoms with Crippen LogP contribution in [0.4, 0.5) is 0 Å². The molecule has 0 saturated heterocycles. The highest BCUT2D eigenvalue weighted by Crippen LogP contribution is 2.12. The van der Waals surface area contributed by atoms with Gasteiger partial charge in [0, 0.05) is 13.2 Å². The van der Waals surface area contributed by atoms with E-state index in [0.29, 0.717) is 12.3 Å². The summed E-state index contributed by atoms with van der Waals surface area (Å²) in [6.45, 7) is 1.29. The zero-order valence-electron chi connectivity index (χ0n) is 8.25. The molecule has 0 aliphatic carbocycles. The molecule has 0 fully saturated rings. The van der Waals surface area contributed by atoms with Gasteiger partial charge in [-0.05, 0) is 24.1 Å². The van der Waals surface area contributed by atoms with E-state index < -0.39 is 5.76 Å². The fourth-order valence-corrected chi connectivity index (χ4v) is 1.48. The van der Waals surface area contributed by atoms with E-state index in [1.54, 1.807) is 0 Å². The Labute approximate surface area is 86.3 Å². The molecule has 5 nitrogen and oxygen atoms in total. The minimum atomic E-state index is -0.415. The first-order valence-corrected chi connectivity index (χ1v) is 4.82. The van der Waals surface area contributed by atoms with E-state index in [0.717, 1.165) is 24.0 Å². The summed E-state index contributed by atoms with van der Waals surface area (Å²) in [6, 6.07) is 5.68. The van der Waals surface area contributed by atoms with E-state index >= 15 is 0 Å². The highest BCUT2D eigenvalue weighted by atomic mass is 16.4. The summed E-state index contributed by atoms with van der Waals surface area (Å²) in [6.07, 6.45) is 0.863. The number of nitrogens with two attached hydrogens (primary N) is 1. The lowest BCUT2D eigenvalue weighted by atomic mass is 10.1. The Hall–Kier alpha value is -1.59. The first-order valence-electron chi connectivity index (χ1n) is 4.82. The number of H-pyrrole nitrogens is 1. The molecule has 0 saturated carbocycles. The predicted octanol–water partition coefficient (Wildman–Crippen LogP) is 0.169. The average Bonchev–Trinajstić information content (AvgIpc) is 2.57. The van der Waals surface area contributed by atoms with Crippen molar-refractivity contribution < 1.29 is 4.42 Å². The van der Waals surface area contributed by atoms with Crippen LogP contribution in [0.1, 0.15) is 5.56 Å². The van der Waals surface area contributed by atoms with Crippen molar-refractivity contribution >= 4 is 11.1 Å². The van der Waals surface area contributed by atoms with Crippen LogP contribution < -0.4 is 16.8 Å². The maximum Gasteiger partial charge on any atom is 0.417 e. The van der Waals surface area contributed by atoms with Crippen molar-refractivity contribution in [3.8, 4) is 0 Å². The molecule has 15 heavy (non-hydrogen) atoms. The van der Waals surface area contributed by atoms with Crippen LogP contribution in [0.5, 0.6) is 0 Å². The van der Waals surface area contributed by atoms with Gasteiger partial charge in [-0.3, -0.25) is 4.98 Å². The van der Waals surface area contributed by atoms with Gasteiger partial charge in [0.2, 0.25) is 0 Å². The Morgan fingerprint density at radius 3 is 3.13 bits per heavy atom. The molecule has 1 aromatic heterocycles. The first kappa shape index (κ1) is 9.95. The van der Waals surface area contributed by atoms with E-state index in [2.05, 4.69) is 10.3 Å². The Morgan fingerprint density at radius 1 is 1.47 bits per heavy atom. The lowest BCUT2D eigenvalue weighted by Gasteiger charge is -2.01. The standard InChI is InChI=1S/C10H13N3O2/c11-6-12-4-3-7-1-2-8-9(5-7)15-10(14)13-8/h1-2,5,12H,3-4,6,11H2,(H,13,14). The SMILES string of the molecule is NCNCCc1ccc2[nH]c(=O)oc2c1. The maximum atomic E-state index is 10.9. The minimum absolute atomic E-state index is 0.415. The minimum Gasteiger partial charge on any atom is -0.408 e. The summed E-state index contributed by atoms with van der Waals surface area (Å²) < 4.78 is 4.96. The zero-order valence-corrected chi connectivity index (χ0v) is 8.25. The third kappa shape index (κ3) is 2.26. The van der Waals surface area contributed by atoms with Crippen LogP contribution in [-0.2, 0) is 6.42 Å². The van der Waals surface area contributed by atoms with Gasteiger partial charge in [0.15, 0.2) is 5.58 Å². The fraction of sp³-hybridized carbons (Fsp3) is 0.300. The van der Waals surface area contributed by atoms with Crippen molar-refractivity contribution in [2.75, 3.05) is 13.2 Å². The molecule has 0 amide bonds. The average molecular weight is 207 g/mol. The Kier molecular flexibility index (Phi) is 2.84. The normalized spacial score (nSPS) is 11.0. The van der Waals surface area contributed by atoms with Gasteiger partial charge in [-0.2, -0.15) is 0 Å².